The summed E-state index contributed by atoms with van der Waals surface area (Å²) in [7, 11) is -3.64. The van der Waals surface area contributed by atoms with Gasteiger partial charge in [-0.25, -0.2) is 17.8 Å². The predicted octanol–water partition coefficient (Wildman–Crippen LogP) is 5.12. The van der Waals surface area contributed by atoms with Gasteiger partial charge < -0.3 is 14.5 Å². The van der Waals surface area contributed by atoms with Crippen LogP contribution in [0.15, 0.2) is 47.5 Å². The first-order chi connectivity index (χ1) is 14.8. The topological polar surface area (TPSA) is 81.3 Å². The normalized spacial score (nSPS) is 13.2. The molecule has 6 nitrogen and oxygen atoms in total. The summed E-state index contributed by atoms with van der Waals surface area (Å²) in [6.45, 7) is 1.32. The minimum absolute atomic E-state index is 0.105. The number of aromatic amines is 1. The molecular weight excluding hydrogens is 476 g/mol. The molecule has 0 unspecified atom stereocenters. The first kappa shape index (κ1) is 24.0. The zero-order valence-electron chi connectivity index (χ0n) is 16.7. The second kappa shape index (κ2) is 9.08. The van der Waals surface area contributed by atoms with Crippen molar-refractivity contribution in [2.45, 2.75) is 31.0 Å². The van der Waals surface area contributed by atoms with Crippen LogP contribution in [0.25, 0.3) is 0 Å². The van der Waals surface area contributed by atoms with E-state index >= 15 is 0 Å². The molecule has 0 saturated heterocycles. The van der Waals surface area contributed by atoms with Gasteiger partial charge in [0.2, 0.25) is 0 Å². The summed E-state index contributed by atoms with van der Waals surface area (Å²) in [4.78, 5) is 6.95. The number of aromatic nitrogens is 2. The number of ether oxygens (including phenoxy) is 2. The zero-order chi connectivity index (χ0) is 23.7. The Morgan fingerprint density at radius 2 is 1.91 bits per heavy atom. The van der Waals surface area contributed by atoms with E-state index < -0.39 is 33.9 Å². The number of hydrogen-bond donors (Lipinski definition) is 1. The van der Waals surface area contributed by atoms with E-state index in [1.165, 1.54) is 31.2 Å². The van der Waals surface area contributed by atoms with Crippen LogP contribution in [0.5, 0.6) is 5.75 Å². The van der Waals surface area contributed by atoms with Crippen LogP contribution in [0.4, 0.5) is 17.6 Å². The minimum atomic E-state index is -4.85. The molecule has 0 aliphatic carbocycles. The van der Waals surface area contributed by atoms with Gasteiger partial charge in [0.15, 0.2) is 14.9 Å². The van der Waals surface area contributed by atoms with Crippen LogP contribution < -0.4 is 4.74 Å². The number of H-pyrrole nitrogens is 1. The predicted molar refractivity (Wildman–Crippen MR) is 108 cm³/mol. The number of nitrogens with zero attached hydrogens (tertiary/aromatic N) is 1. The Kier molecular flexibility index (Phi) is 6.82. The number of aryl methyl sites for hydroxylation is 1. The van der Waals surface area contributed by atoms with Gasteiger partial charge in [-0.2, -0.15) is 0 Å². The largest absolute Gasteiger partial charge is 0.573 e. The molecule has 0 bridgehead atoms. The third kappa shape index (κ3) is 5.99. The van der Waals surface area contributed by atoms with E-state index in [2.05, 4.69) is 14.7 Å². The van der Waals surface area contributed by atoms with Crippen molar-refractivity contribution >= 4 is 21.4 Å². The van der Waals surface area contributed by atoms with Crippen LogP contribution in [-0.4, -0.2) is 31.0 Å². The number of nitrogens with one attached hydrogen (secondary N) is 1. The average Bonchev–Trinajstić information content (AvgIpc) is 3.05. The molecule has 0 aliphatic rings. The fourth-order valence-corrected chi connectivity index (χ4v) is 4.03. The van der Waals surface area contributed by atoms with Gasteiger partial charge in [0.25, 0.3) is 0 Å². The maximum atomic E-state index is 13.6. The monoisotopic (exact) mass is 492 g/mol. The summed E-state index contributed by atoms with van der Waals surface area (Å²) in [5, 5.41) is -0.377. The highest BCUT2D eigenvalue weighted by Gasteiger charge is 2.31. The van der Waals surface area contributed by atoms with E-state index in [1.807, 2.05) is 0 Å². The summed E-state index contributed by atoms with van der Waals surface area (Å²) in [5.41, 5.74) is 0.967. The van der Waals surface area contributed by atoms with Gasteiger partial charge in [0.1, 0.15) is 23.5 Å². The minimum Gasteiger partial charge on any atom is -0.406 e. The van der Waals surface area contributed by atoms with Crippen LogP contribution >= 0.6 is 11.6 Å². The van der Waals surface area contributed by atoms with E-state index in [-0.39, 0.29) is 28.2 Å². The number of hydrogen-bond acceptors (Lipinski definition) is 5. The fraction of sp³-hybridized carbons (Fsp3) is 0.250. The average molecular weight is 493 g/mol. The van der Waals surface area contributed by atoms with Crippen molar-refractivity contribution in [1.29, 1.82) is 0 Å². The molecular formula is C20H17ClF4N2O4S. The third-order valence-corrected chi connectivity index (χ3v) is 5.64. The zero-order valence-corrected chi connectivity index (χ0v) is 18.3. The van der Waals surface area contributed by atoms with Gasteiger partial charge in [0.05, 0.1) is 17.3 Å². The molecule has 172 valence electrons. The van der Waals surface area contributed by atoms with Gasteiger partial charge in [-0.05, 0) is 42.3 Å². The molecule has 32 heavy (non-hydrogen) atoms. The number of alkyl halides is 3. The highest BCUT2D eigenvalue weighted by atomic mass is 35.5. The van der Waals surface area contributed by atoms with Crippen LogP contribution in [-0.2, 0) is 21.2 Å². The van der Waals surface area contributed by atoms with Crippen LogP contribution in [0, 0.1) is 12.7 Å². The number of benzene rings is 2. The summed E-state index contributed by atoms with van der Waals surface area (Å²) < 4.78 is 84.7. The molecule has 0 spiro atoms. The molecule has 1 heterocycles. The number of imidazole rings is 1. The van der Waals surface area contributed by atoms with Crippen molar-refractivity contribution < 1.29 is 35.5 Å². The van der Waals surface area contributed by atoms with Crippen LogP contribution in [0.2, 0.25) is 5.02 Å². The van der Waals surface area contributed by atoms with E-state index in [0.717, 1.165) is 24.5 Å². The Balaban J connectivity index is 1.94. The molecule has 1 N–H and O–H groups in total. The lowest BCUT2D eigenvalue weighted by Gasteiger charge is -2.17. The molecule has 1 atom stereocenters. The Morgan fingerprint density at radius 1 is 1.19 bits per heavy atom. The number of halogens is 5. The summed E-state index contributed by atoms with van der Waals surface area (Å²) in [6, 6.07) is 8.96. The van der Waals surface area contributed by atoms with Gasteiger partial charge >= 0.3 is 6.36 Å². The SMILES string of the molecule is Cc1[nH]c([C@@H](OCc2cccc(OC(F)(F)F)c2)c2ccc(F)c(Cl)c2)nc1S(C)(=O)=O. The second-order valence-corrected chi connectivity index (χ2v) is 9.22. The van der Waals surface area contributed by atoms with Crippen molar-refractivity contribution in [1.82, 2.24) is 9.97 Å². The lowest BCUT2D eigenvalue weighted by atomic mass is 10.1. The van der Waals surface area contributed by atoms with Gasteiger partial charge in [-0.15, -0.1) is 13.2 Å². The van der Waals surface area contributed by atoms with Gasteiger partial charge in [0, 0.05) is 6.26 Å². The third-order valence-electron chi connectivity index (χ3n) is 4.25. The Labute approximate surface area is 186 Å². The maximum absolute atomic E-state index is 13.6. The Bertz CT molecular complexity index is 1230. The van der Waals surface area contributed by atoms with Crippen molar-refractivity contribution in [3.63, 3.8) is 0 Å². The van der Waals surface area contributed by atoms with Gasteiger partial charge in [-0.3, -0.25) is 0 Å². The lowest BCUT2D eigenvalue weighted by Crippen LogP contribution is -2.17. The van der Waals surface area contributed by atoms with E-state index in [1.54, 1.807) is 0 Å². The van der Waals surface area contributed by atoms with E-state index in [9.17, 15) is 26.0 Å². The quantitative estimate of drug-likeness (QED) is 0.463. The molecule has 0 radical (unpaired) electrons. The van der Waals surface area contributed by atoms with Crippen molar-refractivity contribution in [3.8, 4) is 5.75 Å². The van der Waals surface area contributed by atoms with Gasteiger partial charge in [-0.1, -0.05) is 29.8 Å². The smallest absolute Gasteiger partial charge is 0.406 e. The Hall–Kier alpha value is -2.63. The second-order valence-electron chi connectivity index (χ2n) is 6.88. The molecule has 2 aromatic carbocycles. The molecule has 12 heteroatoms. The first-order valence-corrected chi connectivity index (χ1v) is 11.3. The molecule has 1 aromatic heterocycles. The highest BCUT2D eigenvalue weighted by Crippen LogP contribution is 2.31. The van der Waals surface area contributed by atoms with Crippen LogP contribution in [0.3, 0.4) is 0 Å². The van der Waals surface area contributed by atoms with Crippen molar-refractivity contribution in [3.05, 3.63) is 75.9 Å². The molecule has 0 saturated carbocycles. The highest BCUT2D eigenvalue weighted by molar-refractivity contribution is 7.90. The standard InChI is InChI=1S/C20H17ClF4N2O4S/c1-11-19(32(2,28)29)27-18(26-11)17(13-6-7-16(22)15(21)9-13)30-10-12-4-3-5-14(8-12)31-20(23,24)25/h3-9,17H,10H2,1-2H3,(H,26,27)/t17-/m0/s1. The van der Waals surface area contributed by atoms with Crippen LogP contribution in [0.1, 0.15) is 28.7 Å². The summed E-state index contributed by atoms with van der Waals surface area (Å²) in [5.74, 6) is -0.986. The molecule has 0 amide bonds. The molecule has 0 aliphatic heterocycles. The van der Waals surface area contributed by atoms with Crippen molar-refractivity contribution in [2.75, 3.05) is 6.26 Å². The fourth-order valence-electron chi connectivity index (χ4n) is 2.97. The van der Waals surface area contributed by atoms with Crippen molar-refractivity contribution in [2.24, 2.45) is 0 Å². The number of rotatable bonds is 7. The Morgan fingerprint density at radius 3 is 2.50 bits per heavy atom. The summed E-state index contributed by atoms with van der Waals surface area (Å²) >= 11 is 5.87. The van der Waals surface area contributed by atoms with E-state index in [0.29, 0.717) is 11.1 Å². The molecule has 0 fully saturated rings. The molecule has 3 rings (SSSR count). The maximum Gasteiger partial charge on any atom is 0.573 e. The summed E-state index contributed by atoms with van der Waals surface area (Å²) in [6.07, 6.45) is -4.87. The number of sulfone groups is 1. The lowest BCUT2D eigenvalue weighted by molar-refractivity contribution is -0.274. The van der Waals surface area contributed by atoms with E-state index in [4.69, 9.17) is 16.3 Å². The molecule has 3 aromatic rings. The first-order valence-electron chi connectivity index (χ1n) is 9.01.